The van der Waals surface area contributed by atoms with Crippen molar-refractivity contribution in [3.63, 3.8) is 0 Å². The van der Waals surface area contributed by atoms with E-state index in [4.69, 9.17) is 37.1 Å². The second kappa shape index (κ2) is 10.7. The Bertz CT molecular complexity index is 1450. The summed E-state index contributed by atoms with van der Waals surface area (Å²) >= 11 is 12.1. The van der Waals surface area contributed by atoms with Crippen LogP contribution in [-0.4, -0.2) is 10.8 Å². The number of aryl methyl sites for hydroxylation is 2. The van der Waals surface area contributed by atoms with Gasteiger partial charge in [-0.15, -0.1) is 0 Å². The number of rotatable bonds is 8. The number of nitrogens with zero attached hydrogens (tertiary/aromatic N) is 1. The lowest BCUT2D eigenvalue weighted by Crippen LogP contribution is -2.11. The molecule has 1 N–H and O–H groups in total. The van der Waals surface area contributed by atoms with Crippen molar-refractivity contribution in [1.29, 1.82) is 0 Å². The smallest absolute Gasteiger partial charge is 0.291 e. The average Bonchev–Trinajstić information content (AvgIpc) is 3.31. The Morgan fingerprint density at radius 2 is 1.83 bits per heavy atom. The van der Waals surface area contributed by atoms with Crippen LogP contribution in [0.25, 0.3) is 0 Å². The van der Waals surface area contributed by atoms with Gasteiger partial charge in [-0.2, -0.15) is 0 Å². The van der Waals surface area contributed by atoms with Crippen molar-refractivity contribution in [2.24, 2.45) is 0 Å². The van der Waals surface area contributed by atoms with Crippen LogP contribution < -0.4 is 14.8 Å². The van der Waals surface area contributed by atoms with Crippen LogP contribution in [0.5, 0.6) is 17.2 Å². The number of benzene rings is 3. The van der Waals surface area contributed by atoms with Crippen molar-refractivity contribution in [3.8, 4) is 17.2 Å². The summed E-state index contributed by atoms with van der Waals surface area (Å²) in [6, 6.07) is 17.7. The van der Waals surface area contributed by atoms with Crippen molar-refractivity contribution < 1.29 is 23.6 Å². The Morgan fingerprint density at radius 1 is 1.03 bits per heavy atom. The van der Waals surface area contributed by atoms with E-state index >= 15 is 0 Å². The predicted octanol–water partition coefficient (Wildman–Crippen LogP) is 7.74. The Labute approximate surface area is 216 Å². The number of carbonyl (C=O) groups is 1. The normalized spacial score (nSPS) is 10.7. The van der Waals surface area contributed by atoms with Gasteiger partial charge < -0.3 is 19.2 Å². The molecule has 8 nitrogen and oxygen atoms in total. The molecule has 0 aliphatic heterocycles. The molecule has 10 heteroatoms. The molecule has 0 atom stereocenters. The minimum atomic E-state index is -0.597. The average molecular weight is 527 g/mol. The summed E-state index contributed by atoms with van der Waals surface area (Å²) in [7, 11) is 0. The Balaban J connectivity index is 1.49. The molecule has 0 aliphatic carbocycles. The Kier molecular flexibility index (Phi) is 7.47. The van der Waals surface area contributed by atoms with Gasteiger partial charge in [0, 0.05) is 12.1 Å². The highest BCUT2D eigenvalue weighted by Crippen LogP contribution is 2.33. The van der Waals surface area contributed by atoms with Crippen molar-refractivity contribution in [3.05, 3.63) is 110 Å². The molecule has 0 aliphatic rings. The monoisotopic (exact) mass is 526 g/mol. The lowest BCUT2D eigenvalue weighted by molar-refractivity contribution is -0.384. The molecule has 36 heavy (non-hydrogen) atoms. The molecule has 1 heterocycles. The van der Waals surface area contributed by atoms with Gasteiger partial charge in [0.15, 0.2) is 5.76 Å². The summed E-state index contributed by atoms with van der Waals surface area (Å²) in [5, 5.41) is 14.7. The number of hydrogen-bond donors (Lipinski definition) is 1. The molecule has 3 aromatic carbocycles. The molecule has 0 saturated carbocycles. The fourth-order valence-corrected chi connectivity index (χ4v) is 3.63. The quantitative estimate of drug-likeness (QED) is 0.186. The summed E-state index contributed by atoms with van der Waals surface area (Å²) < 4.78 is 17.1. The van der Waals surface area contributed by atoms with Gasteiger partial charge in [-0.05, 0) is 55.3 Å². The van der Waals surface area contributed by atoms with Gasteiger partial charge in [0.2, 0.25) is 0 Å². The molecule has 0 bridgehead atoms. The number of carbonyl (C=O) groups excluding carboxylic acids is 1. The minimum absolute atomic E-state index is 0.00528. The molecule has 0 fully saturated rings. The van der Waals surface area contributed by atoms with Gasteiger partial charge in [-0.3, -0.25) is 14.9 Å². The van der Waals surface area contributed by atoms with Crippen molar-refractivity contribution in [2.45, 2.75) is 20.5 Å². The number of furan rings is 1. The lowest BCUT2D eigenvalue weighted by atomic mass is 10.1. The maximum absolute atomic E-state index is 12.8. The third kappa shape index (κ3) is 5.97. The number of nitro groups is 1. The summed E-state index contributed by atoms with van der Waals surface area (Å²) in [5.41, 5.74) is 1.78. The van der Waals surface area contributed by atoms with Crippen LogP contribution >= 0.6 is 23.2 Å². The first-order valence-electron chi connectivity index (χ1n) is 10.7. The van der Waals surface area contributed by atoms with Gasteiger partial charge in [0.1, 0.15) is 34.6 Å². The van der Waals surface area contributed by atoms with Crippen LogP contribution in [0.3, 0.4) is 0 Å². The summed E-state index contributed by atoms with van der Waals surface area (Å²) in [5.74, 6) is 0.909. The van der Waals surface area contributed by atoms with E-state index in [2.05, 4.69) is 5.32 Å². The molecule has 184 valence electrons. The molecule has 0 spiro atoms. The van der Waals surface area contributed by atoms with Crippen LogP contribution in [0.2, 0.25) is 10.0 Å². The van der Waals surface area contributed by atoms with E-state index in [1.807, 2.05) is 32.0 Å². The van der Waals surface area contributed by atoms with E-state index in [1.165, 1.54) is 24.3 Å². The number of amides is 1. The van der Waals surface area contributed by atoms with Crippen molar-refractivity contribution >= 4 is 40.5 Å². The maximum atomic E-state index is 12.8. The second-order valence-electron chi connectivity index (χ2n) is 7.90. The zero-order valence-electron chi connectivity index (χ0n) is 19.2. The number of non-ortho nitro benzene ring substituents is 1. The van der Waals surface area contributed by atoms with Gasteiger partial charge in [-0.25, -0.2) is 0 Å². The van der Waals surface area contributed by atoms with E-state index in [9.17, 15) is 14.9 Å². The van der Waals surface area contributed by atoms with E-state index in [0.29, 0.717) is 22.3 Å². The van der Waals surface area contributed by atoms with Crippen LogP contribution in [-0.2, 0) is 6.61 Å². The third-order valence-electron chi connectivity index (χ3n) is 5.10. The molecule has 4 aromatic rings. The van der Waals surface area contributed by atoms with Gasteiger partial charge in [0.05, 0.1) is 21.7 Å². The molecule has 0 radical (unpaired) electrons. The van der Waals surface area contributed by atoms with E-state index < -0.39 is 10.8 Å². The highest BCUT2D eigenvalue weighted by molar-refractivity contribution is 6.42. The van der Waals surface area contributed by atoms with Gasteiger partial charge >= 0.3 is 0 Å². The first kappa shape index (κ1) is 25.1. The number of ether oxygens (including phenoxy) is 2. The van der Waals surface area contributed by atoms with E-state index in [1.54, 1.807) is 24.3 Å². The van der Waals surface area contributed by atoms with Gasteiger partial charge in [0.25, 0.3) is 11.6 Å². The summed E-state index contributed by atoms with van der Waals surface area (Å²) in [6.07, 6.45) is 0. The Morgan fingerprint density at radius 3 is 2.61 bits per heavy atom. The fraction of sp³-hybridized carbons (Fsp3) is 0.115. The molecule has 0 unspecified atom stereocenters. The Hall–Kier alpha value is -4.01. The highest BCUT2D eigenvalue weighted by atomic mass is 35.5. The first-order valence-corrected chi connectivity index (χ1v) is 11.5. The molecule has 1 amide bonds. The second-order valence-corrected chi connectivity index (χ2v) is 8.69. The number of hydrogen-bond acceptors (Lipinski definition) is 6. The lowest BCUT2D eigenvalue weighted by Gasteiger charge is -2.11. The zero-order valence-corrected chi connectivity index (χ0v) is 20.7. The van der Waals surface area contributed by atoms with Crippen LogP contribution in [0.15, 0.2) is 71.1 Å². The van der Waals surface area contributed by atoms with E-state index in [-0.39, 0.29) is 34.5 Å². The SMILES string of the molecule is Cc1ccc(C)c(Oc2cc(NC(=O)c3ccc(COc4cccc(Cl)c4Cl)o3)cc([N+](=O)[O-])c2)c1. The zero-order chi connectivity index (χ0) is 25.8. The number of halogens is 2. The van der Waals surface area contributed by atoms with Gasteiger partial charge in [-0.1, -0.05) is 41.4 Å². The van der Waals surface area contributed by atoms with Crippen LogP contribution in [0, 0.1) is 24.0 Å². The highest BCUT2D eigenvalue weighted by Gasteiger charge is 2.17. The van der Waals surface area contributed by atoms with Crippen molar-refractivity contribution in [1.82, 2.24) is 0 Å². The van der Waals surface area contributed by atoms with Crippen LogP contribution in [0.4, 0.5) is 11.4 Å². The summed E-state index contributed by atoms with van der Waals surface area (Å²) in [4.78, 5) is 23.7. The molecule has 0 saturated heterocycles. The van der Waals surface area contributed by atoms with Crippen LogP contribution in [0.1, 0.15) is 27.4 Å². The number of nitro benzene ring substituents is 1. The fourth-order valence-electron chi connectivity index (χ4n) is 3.28. The standard InChI is InChI=1S/C26H20Cl2N2O6/c1-15-6-7-16(2)24(10-15)36-20-12-17(11-18(13-20)30(32)33)29-26(31)23-9-8-19(35-23)14-34-22-5-3-4-21(27)25(22)28/h3-13H,14H2,1-2H3,(H,29,31). The minimum Gasteiger partial charge on any atom is -0.484 e. The number of nitrogens with one attached hydrogen (secondary N) is 1. The maximum Gasteiger partial charge on any atom is 0.291 e. The topological polar surface area (TPSA) is 104 Å². The summed E-state index contributed by atoms with van der Waals surface area (Å²) in [6.45, 7) is 3.79. The largest absolute Gasteiger partial charge is 0.484 e. The molecule has 4 rings (SSSR count). The third-order valence-corrected chi connectivity index (χ3v) is 5.90. The predicted molar refractivity (Wildman–Crippen MR) is 137 cm³/mol. The first-order chi connectivity index (χ1) is 17.2. The van der Waals surface area contributed by atoms with E-state index in [0.717, 1.165) is 11.1 Å². The number of anilines is 1. The molecular weight excluding hydrogens is 507 g/mol. The molecule has 1 aromatic heterocycles. The van der Waals surface area contributed by atoms with Crippen molar-refractivity contribution in [2.75, 3.05) is 5.32 Å². The molecular formula is C26H20Cl2N2O6.